The summed E-state index contributed by atoms with van der Waals surface area (Å²) in [4.78, 5) is 12.5. The zero-order valence-electron chi connectivity index (χ0n) is 14.1. The lowest BCUT2D eigenvalue weighted by Crippen LogP contribution is -2.41. The van der Waals surface area contributed by atoms with Crippen LogP contribution >= 0.6 is 0 Å². The van der Waals surface area contributed by atoms with E-state index < -0.39 is 10.0 Å². The number of carbonyl (C=O) groups excluding carboxylic acids is 1. The van der Waals surface area contributed by atoms with Gasteiger partial charge in [0.25, 0.3) is 5.91 Å². The molecule has 0 saturated carbocycles. The maximum atomic E-state index is 12.9. The Bertz CT molecular complexity index is 685. The number of hydrogen-bond donors (Lipinski definition) is 2. The zero-order valence-corrected chi connectivity index (χ0v) is 14.9. The van der Waals surface area contributed by atoms with E-state index in [0.717, 1.165) is 0 Å². The van der Waals surface area contributed by atoms with Gasteiger partial charge in [-0.25, -0.2) is 8.42 Å². The van der Waals surface area contributed by atoms with Crippen LogP contribution in [0.4, 0.5) is 0 Å². The molecule has 1 fully saturated rings. The van der Waals surface area contributed by atoms with Crippen molar-refractivity contribution in [2.45, 2.75) is 31.2 Å². The lowest BCUT2D eigenvalue weighted by Gasteiger charge is -2.27. The largest absolute Gasteiger partial charge is 0.379 e. The number of ether oxygens (including phenoxy) is 1. The fourth-order valence-corrected chi connectivity index (χ4v) is 4.25. The Morgan fingerprint density at radius 2 is 2.04 bits per heavy atom. The molecule has 0 bridgehead atoms. The lowest BCUT2D eigenvalue weighted by atomic mass is 10.1. The molecular formula is C16H25N3O4S. The van der Waals surface area contributed by atoms with E-state index in [1.165, 1.54) is 10.4 Å². The Kier molecular flexibility index (Phi) is 6.34. The third-order valence-corrected chi connectivity index (χ3v) is 6.01. The Balaban J connectivity index is 2.37. The van der Waals surface area contributed by atoms with E-state index in [0.29, 0.717) is 50.4 Å². The number of carbonyl (C=O) groups is 1. The standard InChI is InChI=1S/C16H25N3O4S/c1-3-13-4-5-14(16(20)18-12(2)11-17)10-15(13)24(21,22)19-6-8-23-9-7-19/h4-5,10,12H,3,6-9,11,17H2,1-2H3,(H,18,20)/t12-/m0/s1. The van der Waals surface area contributed by atoms with Gasteiger partial charge in [-0.3, -0.25) is 4.79 Å². The minimum atomic E-state index is -3.65. The number of nitrogens with one attached hydrogen (secondary N) is 1. The SMILES string of the molecule is CCc1ccc(C(=O)N[C@@H](C)CN)cc1S(=O)(=O)N1CCOCC1. The van der Waals surface area contributed by atoms with Gasteiger partial charge in [-0.05, 0) is 31.0 Å². The second-order valence-corrected chi connectivity index (χ2v) is 7.71. The molecule has 7 nitrogen and oxygen atoms in total. The van der Waals surface area contributed by atoms with Crippen molar-refractivity contribution in [3.63, 3.8) is 0 Å². The zero-order chi connectivity index (χ0) is 17.7. The molecule has 1 saturated heterocycles. The highest BCUT2D eigenvalue weighted by molar-refractivity contribution is 7.89. The van der Waals surface area contributed by atoms with E-state index in [-0.39, 0.29) is 16.8 Å². The number of rotatable bonds is 6. The van der Waals surface area contributed by atoms with Gasteiger partial charge in [-0.1, -0.05) is 13.0 Å². The maximum absolute atomic E-state index is 12.9. The summed E-state index contributed by atoms with van der Waals surface area (Å²) < 4.78 is 32.5. The van der Waals surface area contributed by atoms with Crippen molar-refractivity contribution in [1.29, 1.82) is 0 Å². The van der Waals surface area contributed by atoms with Crippen molar-refractivity contribution in [2.24, 2.45) is 5.73 Å². The molecule has 3 N–H and O–H groups in total. The predicted molar refractivity (Wildman–Crippen MR) is 91.4 cm³/mol. The number of nitrogens with two attached hydrogens (primary N) is 1. The monoisotopic (exact) mass is 355 g/mol. The van der Waals surface area contributed by atoms with Crippen LogP contribution in [0.3, 0.4) is 0 Å². The van der Waals surface area contributed by atoms with Gasteiger partial charge in [0.05, 0.1) is 18.1 Å². The van der Waals surface area contributed by atoms with Crippen LogP contribution in [0, 0.1) is 0 Å². The number of sulfonamides is 1. The minimum Gasteiger partial charge on any atom is -0.379 e. The second kappa shape index (κ2) is 8.06. The van der Waals surface area contributed by atoms with E-state index in [4.69, 9.17) is 10.5 Å². The van der Waals surface area contributed by atoms with Crippen LogP contribution in [-0.2, 0) is 21.2 Å². The maximum Gasteiger partial charge on any atom is 0.251 e. The molecule has 1 aromatic carbocycles. The number of nitrogens with zero attached hydrogens (tertiary/aromatic N) is 1. The van der Waals surface area contributed by atoms with Crippen molar-refractivity contribution in [3.05, 3.63) is 29.3 Å². The van der Waals surface area contributed by atoms with Gasteiger partial charge in [0.2, 0.25) is 10.0 Å². The molecule has 0 aliphatic carbocycles. The van der Waals surface area contributed by atoms with E-state index >= 15 is 0 Å². The van der Waals surface area contributed by atoms with Crippen molar-refractivity contribution in [2.75, 3.05) is 32.8 Å². The minimum absolute atomic E-state index is 0.178. The second-order valence-electron chi connectivity index (χ2n) is 5.80. The Morgan fingerprint density at radius 1 is 1.38 bits per heavy atom. The molecular weight excluding hydrogens is 330 g/mol. The van der Waals surface area contributed by atoms with Gasteiger partial charge in [0.15, 0.2) is 0 Å². The van der Waals surface area contributed by atoms with Crippen LogP contribution in [-0.4, -0.2) is 57.5 Å². The average molecular weight is 355 g/mol. The molecule has 1 aliphatic rings. The third kappa shape index (κ3) is 4.13. The highest BCUT2D eigenvalue weighted by atomic mass is 32.2. The first-order valence-electron chi connectivity index (χ1n) is 8.12. The smallest absolute Gasteiger partial charge is 0.251 e. The molecule has 1 atom stereocenters. The highest BCUT2D eigenvalue weighted by Crippen LogP contribution is 2.23. The van der Waals surface area contributed by atoms with E-state index in [1.54, 1.807) is 19.1 Å². The van der Waals surface area contributed by atoms with Gasteiger partial charge >= 0.3 is 0 Å². The Morgan fingerprint density at radius 3 is 2.62 bits per heavy atom. The first-order valence-corrected chi connectivity index (χ1v) is 9.56. The predicted octanol–water partition coefficient (Wildman–Crippen LogP) is 0.347. The summed E-state index contributed by atoms with van der Waals surface area (Å²) >= 11 is 0. The topological polar surface area (TPSA) is 102 Å². The van der Waals surface area contributed by atoms with Crippen LogP contribution in [0.25, 0.3) is 0 Å². The average Bonchev–Trinajstić information content (AvgIpc) is 2.61. The van der Waals surface area contributed by atoms with E-state index in [2.05, 4.69) is 5.32 Å². The van der Waals surface area contributed by atoms with Crippen molar-refractivity contribution in [3.8, 4) is 0 Å². The Labute approximate surface area is 143 Å². The summed E-state index contributed by atoms with van der Waals surface area (Å²) in [5.74, 6) is -0.325. The number of aryl methyl sites for hydroxylation is 1. The number of benzene rings is 1. The number of hydrogen-bond acceptors (Lipinski definition) is 5. The summed E-state index contributed by atoms with van der Waals surface area (Å²) in [6, 6.07) is 4.63. The fourth-order valence-electron chi connectivity index (χ4n) is 2.52. The van der Waals surface area contributed by atoms with Crippen molar-refractivity contribution < 1.29 is 17.9 Å². The normalized spacial score (nSPS) is 17.5. The summed E-state index contributed by atoms with van der Waals surface area (Å²) in [6.45, 7) is 5.42. The summed E-state index contributed by atoms with van der Waals surface area (Å²) in [5, 5.41) is 2.75. The van der Waals surface area contributed by atoms with Crippen LogP contribution in [0.15, 0.2) is 23.1 Å². The number of amides is 1. The van der Waals surface area contributed by atoms with Crippen LogP contribution in [0.2, 0.25) is 0 Å². The van der Waals surface area contributed by atoms with Gasteiger partial charge in [-0.2, -0.15) is 4.31 Å². The van der Waals surface area contributed by atoms with Gasteiger partial charge in [0, 0.05) is 31.2 Å². The molecule has 8 heteroatoms. The molecule has 0 unspecified atom stereocenters. The van der Waals surface area contributed by atoms with E-state index in [9.17, 15) is 13.2 Å². The van der Waals surface area contributed by atoms with Crippen LogP contribution < -0.4 is 11.1 Å². The summed E-state index contributed by atoms with van der Waals surface area (Å²) in [6.07, 6.45) is 0.569. The third-order valence-electron chi connectivity index (χ3n) is 4.03. The Hall–Kier alpha value is -1.48. The molecule has 134 valence electrons. The fraction of sp³-hybridized carbons (Fsp3) is 0.562. The molecule has 1 aromatic rings. The lowest BCUT2D eigenvalue weighted by molar-refractivity contribution is 0.0730. The molecule has 24 heavy (non-hydrogen) atoms. The molecule has 1 heterocycles. The molecule has 2 rings (SSSR count). The van der Waals surface area contributed by atoms with Gasteiger partial charge < -0.3 is 15.8 Å². The van der Waals surface area contributed by atoms with Crippen LogP contribution in [0.1, 0.15) is 29.8 Å². The van der Waals surface area contributed by atoms with Crippen LogP contribution in [0.5, 0.6) is 0 Å². The first kappa shape index (κ1) is 18.9. The highest BCUT2D eigenvalue weighted by Gasteiger charge is 2.29. The summed E-state index contributed by atoms with van der Waals surface area (Å²) in [7, 11) is -3.65. The molecule has 1 aliphatic heterocycles. The molecule has 1 amide bonds. The molecule has 0 radical (unpaired) electrons. The van der Waals surface area contributed by atoms with Crippen molar-refractivity contribution in [1.82, 2.24) is 9.62 Å². The van der Waals surface area contributed by atoms with Gasteiger partial charge in [0.1, 0.15) is 0 Å². The molecule has 0 aromatic heterocycles. The molecule has 0 spiro atoms. The first-order chi connectivity index (χ1) is 11.4. The summed E-state index contributed by atoms with van der Waals surface area (Å²) in [5.41, 5.74) is 6.53. The van der Waals surface area contributed by atoms with E-state index in [1.807, 2.05) is 6.92 Å². The quantitative estimate of drug-likeness (QED) is 0.766. The number of morpholine rings is 1. The van der Waals surface area contributed by atoms with Gasteiger partial charge in [-0.15, -0.1) is 0 Å². The van der Waals surface area contributed by atoms with Crippen molar-refractivity contribution >= 4 is 15.9 Å².